The fourth-order valence-corrected chi connectivity index (χ4v) is 2.11. The average molecular weight is 260 g/mol. The van der Waals surface area contributed by atoms with Crippen LogP contribution in [0.25, 0.3) is 0 Å². The van der Waals surface area contributed by atoms with E-state index in [0.29, 0.717) is 5.16 Å². The molecule has 2 aromatic heterocycles. The lowest BCUT2D eigenvalue weighted by atomic mass is 10.1. The smallest absolute Gasteiger partial charge is 0.193 e. The van der Waals surface area contributed by atoms with E-state index in [-0.39, 0.29) is 6.04 Å². The van der Waals surface area contributed by atoms with E-state index in [2.05, 4.69) is 21.9 Å². The minimum absolute atomic E-state index is 0.183. The predicted molar refractivity (Wildman–Crippen MR) is 72.4 cm³/mol. The highest BCUT2D eigenvalue weighted by atomic mass is 32.2. The number of hydrogen-bond donors (Lipinski definition) is 1. The summed E-state index contributed by atoms with van der Waals surface area (Å²) in [6.45, 7) is 2.08. The molecule has 2 aromatic rings. The molecule has 18 heavy (non-hydrogen) atoms. The zero-order chi connectivity index (χ0) is 12.8. The molecule has 0 spiro atoms. The van der Waals surface area contributed by atoms with E-state index in [1.165, 1.54) is 11.8 Å². The minimum atomic E-state index is 0.183. The van der Waals surface area contributed by atoms with Crippen LogP contribution in [0, 0.1) is 0 Å². The second-order valence-corrected chi connectivity index (χ2v) is 5.00. The lowest BCUT2D eigenvalue weighted by molar-refractivity contribution is 0.641. The summed E-state index contributed by atoms with van der Waals surface area (Å²) in [7, 11) is 0. The van der Waals surface area contributed by atoms with Gasteiger partial charge in [0, 0.05) is 24.6 Å². The summed E-state index contributed by atoms with van der Waals surface area (Å²) >= 11 is 1.46. The first kappa shape index (κ1) is 13.0. The predicted octanol–water partition coefficient (Wildman–Crippen LogP) is 2.30. The summed E-state index contributed by atoms with van der Waals surface area (Å²) in [4.78, 5) is 12.9. The van der Waals surface area contributed by atoms with Crippen LogP contribution in [0.4, 0.5) is 0 Å². The molecule has 0 fully saturated rings. The Balaban J connectivity index is 2.00. The molecule has 2 heterocycles. The zero-order valence-corrected chi connectivity index (χ0v) is 11.1. The van der Waals surface area contributed by atoms with Crippen LogP contribution >= 0.6 is 11.8 Å². The van der Waals surface area contributed by atoms with Gasteiger partial charge in [0.15, 0.2) is 5.16 Å². The second-order valence-electron chi connectivity index (χ2n) is 4.02. The third-order valence-corrected chi connectivity index (χ3v) is 3.38. The molecule has 0 amide bonds. The second kappa shape index (κ2) is 6.47. The fourth-order valence-electron chi connectivity index (χ4n) is 1.45. The summed E-state index contributed by atoms with van der Waals surface area (Å²) in [5, 5.41) is 1.61. The lowest BCUT2D eigenvalue weighted by Gasteiger charge is -2.07. The Morgan fingerprint density at radius 1 is 1.22 bits per heavy atom. The molecule has 0 saturated heterocycles. The summed E-state index contributed by atoms with van der Waals surface area (Å²) in [6.07, 6.45) is 7.23. The maximum Gasteiger partial charge on any atom is 0.193 e. The third-order valence-electron chi connectivity index (χ3n) is 2.54. The van der Waals surface area contributed by atoms with Crippen molar-refractivity contribution in [1.29, 1.82) is 0 Å². The van der Waals surface area contributed by atoms with E-state index in [1.54, 1.807) is 6.20 Å². The first-order valence-electron chi connectivity index (χ1n) is 5.93. The van der Waals surface area contributed by atoms with Gasteiger partial charge in [0.2, 0.25) is 0 Å². The van der Waals surface area contributed by atoms with E-state index in [0.717, 1.165) is 23.4 Å². The van der Waals surface area contributed by atoms with Crippen molar-refractivity contribution < 1.29 is 0 Å². The maximum atomic E-state index is 5.90. The van der Waals surface area contributed by atoms with Gasteiger partial charge in [-0.2, -0.15) is 0 Å². The van der Waals surface area contributed by atoms with E-state index in [4.69, 9.17) is 5.73 Å². The Morgan fingerprint density at radius 2 is 2.00 bits per heavy atom. The van der Waals surface area contributed by atoms with Crippen molar-refractivity contribution in [3.63, 3.8) is 0 Å². The van der Waals surface area contributed by atoms with Gasteiger partial charge in [-0.15, -0.1) is 0 Å². The third kappa shape index (κ3) is 3.78. The van der Waals surface area contributed by atoms with Crippen molar-refractivity contribution >= 4 is 11.8 Å². The summed E-state index contributed by atoms with van der Waals surface area (Å²) in [5.74, 6) is 0. The van der Waals surface area contributed by atoms with Gasteiger partial charge in [0.1, 0.15) is 5.03 Å². The molecule has 1 atom stereocenters. The van der Waals surface area contributed by atoms with Crippen LogP contribution in [0.3, 0.4) is 0 Å². The number of aromatic nitrogens is 3. The van der Waals surface area contributed by atoms with Crippen molar-refractivity contribution in [3.8, 4) is 0 Å². The molecule has 0 aliphatic rings. The summed E-state index contributed by atoms with van der Waals surface area (Å²) in [5.41, 5.74) is 6.97. The molecule has 2 rings (SSSR count). The van der Waals surface area contributed by atoms with E-state index < -0.39 is 0 Å². The van der Waals surface area contributed by atoms with E-state index in [1.807, 2.05) is 30.6 Å². The molecular formula is C13H16N4S. The topological polar surface area (TPSA) is 64.7 Å². The zero-order valence-electron chi connectivity index (χ0n) is 10.3. The number of nitrogens with two attached hydrogens (primary N) is 1. The Labute approximate surface area is 111 Å². The van der Waals surface area contributed by atoms with E-state index in [9.17, 15) is 0 Å². The van der Waals surface area contributed by atoms with Crippen molar-refractivity contribution in [2.75, 3.05) is 0 Å². The first-order chi connectivity index (χ1) is 8.78. The Kier molecular flexibility index (Phi) is 4.66. The van der Waals surface area contributed by atoms with Crippen molar-refractivity contribution in [2.24, 2.45) is 5.73 Å². The molecule has 0 aromatic carbocycles. The quantitative estimate of drug-likeness (QED) is 0.836. The molecular weight excluding hydrogens is 244 g/mol. The van der Waals surface area contributed by atoms with Crippen LogP contribution in [-0.4, -0.2) is 21.0 Å². The largest absolute Gasteiger partial charge is 0.327 e. The molecule has 5 heteroatoms. The van der Waals surface area contributed by atoms with Crippen LogP contribution in [0.5, 0.6) is 0 Å². The van der Waals surface area contributed by atoms with Gasteiger partial charge in [-0.3, -0.25) is 0 Å². The van der Waals surface area contributed by atoms with Crippen molar-refractivity contribution in [2.45, 2.75) is 36.0 Å². The number of nitrogens with zero attached hydrogens (tertiary/aromatic N) is 3. The van der Waals surface area contributed by atoms with Crippen LogP contribution in [0.2, 0.25) is 0 Å². The number of hydrogen-bond acceptors (Lipinski definition) is 5. The van der Waals surface area contributed by atoms with Crippen molar-refractivity contribution in [1.82, 2.24) is 15.0 Å². The van der Waals surface area contributed by atoms with Gasteiger partial charge in [-0.05, 0) is 42.3 Å². The van der Waals surface area contributed by atoms with Crippen LogP contribution < -0.4 is 5.73 Å². The van der Waals surface area contributed by atoms with Gasteiger partial charge >= 0.3 is 0 Å². The fraction of sp³-hybridized carbons (Fsp3) is 0.308. The molecule has 2 N–H and O–H groups in total. The van der Waals surface area contributed by atoms with Crippen molar-refractivity contribution in [3.05, 3.63) is 42.4 Å². The lowest BCUT2D eigenvalue weighted by Crippen LogP contribution is -2.21. The first-order valence-corrected chi connectivity index (χ1v) is 6.75. The molecule has 94 valence electrons. The molecule has 0 saturated carbocycles. The molecule has 0 aliphatic carbocycles. The average Bonchev–Trinajstić information content (AvgIpc) is 2.42. The Bertz CT molecular complexity index is 472. The van der Waals surface area contributed by atoms with Gasteiger partial charge < -0.3 is 5.73 Å². The SMILES string of the molecule is CCC(N)Cc1cnc(Sc2ccccn2)nc1. The van der Waals surface area contributed by atoms with Gasteiger partial charge in [-0.1, -0.05) is 13.0 Å². The summed E-state index contributed by atoms with van der Waals surface area (Å²) in [6, 6.07) is 5.96. The van der Waals surface area contributed by atoms with Crippen LogP contribution in [0.15, 0.2) is 47.0 Å². The molecule has 0 bridgehead atoms. The minimum Gasteiger partial charge on any atom is -0.327 e. The molecule has 4 nitrogen and oxygen atoms in total. The van der Waals surface area contributed by atoms with E-state index >= 15 is 0 Å². The standard InChI is InChI=1S/C13H16N4S/c1-2-11(14)7-10-8-16-13(17-9-10)18-12-5-3-4-6-15-12/h3-6,8-9,11H,2,7,14H2,1H3. The summed E-state index contributed by atoms with van der Waals surface area (Å²) < 4.78 is 0. The normalized spacial score (nSPS) is 12.3. The highest BCUT2D eigenvalue weighted by Gasteiger charge is 2.04. The maximum absolute atomic E-state index is 5.90. The highest BCUT2D eigenvalue weighted by molar-refractivity contribution is 7.99. The number of pyridine rings is 1. The monoisotopic (exact) mass is 260 g/mol. The number of rotatable bonds is 5. The van der Waals surface area contributed by atoms with Crippen LogP contribution in [-0.2, 0) is 6.42 Å². The van der Waals surface area contributed by atoms with Crippen LogP contribution in [0.1, 0.15) is 18.9 Å². The molecule has 0 aliphatic heterocycles. The Morgan fingerprint density at radius 3 is 2.61 bits per heavy atom. The highest BCUT2D eigenvalue weighted by Crippen LogP contribution is 2.21. The van der Waals surface area contributed by atoms with Gasteiger partial charge in [0.25, 0.3) is 0 Å². The Hall–Kier alpha value is -1.46. The molecule has 1 unspecified atom stereocenters. The van der Waals surface area contributed by atoms with Gasteiger partial charge in [0.05, 0.1) is 0 Å². The van der Waals surface area contributed by atoms with Gasteiger partial charge in [-0.25, -0.2) is 15.0 Å². The molecule has 0 radical (unpaired) electrons.